The van der Waals surface area contributed by atoms with Crippen LogP contribution in [-0.4, -0.2) is 28.8 Å². The van der Waals surface area contributed by atoms with Crippen molar-refractivity contribution in [3.8, 4) is 0 Å². The lowest BCUT2D eigenvalue weighted by atomic mass is 10.1. The average Bonchev–Trinajstić information content (AvgIpc) is 2.68. The number of nitrogens with zero attached hydrogens (tertiary/aromatic N) is 1. The summed E-state index contributed by atoms with van der Waals surface area (Å²) in [6.07, 6.45) is 0.817. The molecule has 0 aliphatic rings. The highest BCUT2D eigenvalue weighted by atomic mass is 35.5. The van der Waals surface area contributed by atoms with Gasteiger partial charge in [0.1, 0.15) is 6.04 Å². The Balaban J connectivity index is 2.31. The number of carbonyl (C=O) groups excluding carboxylic acids is 2. The van der Waals surface area contributed by atoms with E-state index in [4.69, 9.17) is 46.4 Å². The minimum Gasteiger partial charge on any atom is -0.352 e. The van der Waals surface area contributed by atoms with Gasteiger partial charge in [0, 0.05) is 32.7 Å². The standard InChI is InChI=1S/C22H24Cl4N2O2/c1-4-13(2)27-22(30)14(3)28(12-16-6-8-18(24)11-20(16)26)21(29)9-15-5-7-17(23)10-19(15)25/h5-8,10-11,13-14H,4,9,12H2,1-3H3,(H,27,30)/t13-,14+/m0/s1. The van der Waals surface area contributed by atoms with Gasteiger partial charge in [-0.3, -0.25) is 9.59 Å². The fraction of sp³-hybridized carbons (Fsp3) is 0.364. The van der Waals surface area contributed by atoms with Gasteiger partial charge in [-0.25, -0.2) is 0 Å². The molecule has 0 radical (unpaired) electrons. The van der Waals surface area contributed by atoms with Crippen molar-refractivity contribution in [2.45, 2.75) is 52.2 Å². The second-order valence-corrected chi connectivity index (χ2v) is 8.85. The van der Waals surface area contributed by atoms with Gasteiger partial charge in [-0.05, 0) is 55.7 Å². The number of carbonyl (C=O) groups is 2. The summed E-state index contributed by atoms with van der Waals surface area (Å²) in [7, 11) is 0. The zero-order chi connectivity index (χ0) is 22.4. The number of hydrogen-bond acceptors (Lipinski definition) is 2. The highest BCUT2D eigenvalue weighted by Crippen LogP contribution is 2.25. The number of rotatable bonds is 8. The average molecular weight is 490 g/mol. The smallest absolute Gasteiger partial charge is 0.242 e. The number of nitrogens with one attached hydrogen (secondary N) is 1. The Morgan fingerprint density at radius 1 is 0.933 bits per heavy atom. The minimum atomic E-state index is -0.704. The summed E-state index contributed by atoms with van der Waals surface area (Å²) in [5.74, 6) is -0.484. The molecule has 2 aromatic rings. The van der Waals surface area contributed by atoms with E-state index in [1.807, 2.05) is 13.8 Å². The van der Waals surface area contributed by atoms with Crippen molar-refractivity contribution in [1.29, 1.82) is 0 Å². The Labute approximate surface area is 197 Å². The topological polar surface area (TPSA) is 49.4 Å². The van der Waals surface area contributed by atoms with Gasteiger partial charge in [0.2, 0.25) is 11.8 Å². The number of halogens is 4. The Kier molecular flexibility index (Phi) is 9.30. The van der Waals surface area contributed by atoms with Crippen LogP contribution >= 0.6 is 46.4 Å². The lowest BCUT2D eigenvalue weighted by Crippen LogP contribution is -2.50. The SMILES string of the molecule is CC[C@H](C)NC(=O)[C@@H](C)N(Cc1ccc(Cl)cc1Cl)C(=O)Cc1ccc(Cl)cc1Cl. The zero-order valence-electron chi connectivity index (χ0n) is 17.0. The molecule has 8 heteroatoms. The van der Waals surface area contributed by atoms with Crippen LogP contribution in [0.4, 0.5) is 0 Å². The van der Waals surface area contributed by atoms with E-state index < -0.39 is 6.04 Å². The quantitative estimate of drug-likeness (QED) is 0.481. The van der Waals surface area contributed by atoms with Crippen molar-refractivity contribution in [3.63, 3.8) is 0 Å². The van der Waals surface area contributed by atoms with Crippen LogP contribution in [0.2, 0.25) is 20.1 Å². The molecule has 2 atom stereocenters. The molecule has 2 amide bonds. The monoisotopic (exact) mass is 488 g/mol. The largest absolute Gasteiger partial charge is 0.352 e. The summed E-state index contributed by atoms with van der Waals surface area (Å²) in [6, 6.07) is 9.33. The zero-order valence-corrected chi connectivity index (χ0v) is 20.0. The van der Waals surface area contributed by atoms with Crippen molar-refractivity contribution >= 4 is 58.2 Å². The highest BCUT2D eigenvalue weighted by Gasteiger charge is 2.27. The molecule has 1 N–H and O–H groups in total. The molecule has 0 fully saturated rings. The van der Waals surface area contributed by atoms with Crippen LogP contribution in [0.3, 0.4) is 0 Å². The third-order valence-corrected chi connectivity index (χ3v) is 6.05. The predicted octanol–water partition coefficient (Wildman–Crippen LogP) is 6.17. The predicted molar refractivity (Wildman–Crippen MR) is 125 cm³/mol. The van der Waals surface area contributed by atoms with E-state index in [0.29, 0.717) is 31.2 Å². The fourth-order valence-electron chi connectivity index (χ4n) is 2.81. The second kappa shape index (κ2) is 11.2. The number of amides is 2. The molecular weight excluding hydrogens is 466 g/mol. The molecule has 2 rings (SSSR count). The van der Waals surface area contributed by atoms with E-state index in [1.165, 1.54) is 4.90 Å². The maximum atomic E-state index is 13.2. The van der Waals surface area contributed by atoms with Crippen LogP contribution < -0.4 is 5.32 Å². The van der Waals surface area contributed by atoms with Crippen molar-refractivity contribution in [2.75, 3.05) is 0 Å². The fourth-order valence-corrected chi connectivity index (χ4v) is 3.75. The number of hydrogen-bond donors (Lipinski definition) is 1. The molecule has 0 saturated heterocycles. The van der Waals surface area contributed by atoms with E-state index in [2.05, 4.69) is 5.32 Å². The molecule has 0 aliphatic heterocycles. The summed E-state index contributed by atoms with van der Waals surface area (Å²) < 4.78 is 0. The molecule has 0 aliphatic carbocycles. The summed E-state index contributed by atoms with van der Waals surface area (Å²) in [6.45, 7) is 5.76. The summed E-state index contributed by atoms with van der Waals surface area (Å²) >= 11 is 24.5. The van der Waals surface area contributed by atoms with E-state index in [1.54, 1.807) is 43.3 Å². The van der Waals surface area contributed by atoms with E-state index in [9.17, 15) is 9.59 Å². The normalized spacial score (nSPS) is 12.9. The lowest BCUT2D eigenvalue weighted by Gasteiger charge is -2.30. The first-order valence-corrected chi connectivity index (χ1v) is 11.1. The molecule has 2 aromatic carbocycles. The van der Waals surface area contributed by atoms with Crippen LogP contribution in [0.1, 0.15) is 38.3 Å². The Morgan fingerprint density at radius 3 is 1.97 bits per heavy atom. The number of benzene rings is 2. The Hall–Kier alpha value is -1.46. The van der Waals surface area contributed by atoms with Gasteiger partial charge in [-0.1, -0.05) is 65.5 Å². The Bertz CT molecular complexity index is 920. The third kappa shape index (κ3) is 6.78. The van der Waals surface area contributed by atoms with Gasteiger partial charge >= 0.3 is 0 Å². The van der Waals surface area contributed by atoms with Crippen LogP contribution in [0, 0.1) is 0 Å². The summed E-state index contributed by atoms with van der Waals surface area (Å²) in [5.41, 5.74) is 1.33. The van der Waals surface area contributed by atoms with Crippen LogP contribution in [0.25, 0.3) is 0 Å². The van der Waals surface area contributed by atoms with Crippen LogP contribution in [0.5, 0.6) is 0 Å². The molecule has 4 nitrogen and oxygen atoms in total. The first kappa shape index (κ1) is 24.8. The maximum Gasteiger partial charge on any atom is 0.242 e. The molecule has 0 bridgehead atoms. The molecular formula is C22H24Cl4N2O2. The van der Waals surface area contributed by atoms with E-state index in [-0.39, 0.29) is 30.8 Å². The van der Waals surface area contributed by atoms with Crippen molar-refractivity contribution in [1.82, 2.24) is 10.2 Å². The first-order valence-electron chi connectivity index (χ1n) is 9.60. The molecule has 0 unspecified atom stereocenters. The molecule has 0 saturated carbocycles. The lowest BCUT2D eigenvalue weighted by molar-refractivity contribution is -0.140. The summed E-state index contributed by atoms with van der Waals surface area (Å²) in [5, 5.41) is 4.74. The van der Waals surface area contributed by atoms with Crippen LogP contribution in [-0.2, 0) is 22.6 Å². The molecule has 30 heavy (non-hydrogen) atoms. The Morgan fingerprint density at radius 2 is 1.47 bits per heavy atom. The molecule has 162 valence electrons. The van der Waals surface area contributed by atoms with Gasteiger partial charge in [-0.2, -0.15) is 0 Å². The highest BCUT2D eigenvalue weighted by molar-refractivity contribution is 6.35. The van der Waals surface area contributed by atoms with Crippen LogP contribution in [0.15, 0.2) is 36.4 Å². The van der Waals surface area contributed by atoms with Crippen molar-refractivity contribution < 1.29 is 9.59 Å². The van der Waals surface area contributed by atoms with Crippen molar-refractivity contribution in [2.24, 2.45) is 0 Å². The van der Waals surface area contributed by atoms with Gasteiger partial charge in [-0.15, -0.1) is 0 Å². The van der Waals surface area contributed by atoms with E-state index in [0.717, 1.165) is 6.42 Å². The van der Waals surface area contributed by atoms with Gasteiger partial charge in [0.05, 0.1) is 6.42 Å². The first-order chi connectivity index (χ1) is 14.1. The second-order valence-electron chi connectivity index (χ2n) is 7.16. The van der Waals surface area contributed by atoms with Crippen molar-refractivity contribution in [3.05, 3.63) is 67.6 Å². The molecule has 0 spiro atoms. The maximum absolute atomic E-state index is 13.2. The minimum absolute atomic E-state index is 0.00160. The van der Waals surface area contributed by atoms with Gasteiger partial charge < -0.3 is 10.2 Å². The van der Waals surface area contributed by atoms with Gasteiger partial charge in [0.15, 0.2) is 0 Å². The van der Waals surface area contributed by atoms with Gasteiger partial charge in [0.25, 0.3) is 0 Å². The summed E-state index contributed by atoms with van der Waals surface area (Å²) in [4.78, 5) is 27.5. The third-order valence-electron chi connectivity index (χ3n) is 4.88. The van der Waals surface area contributed by atoms with E-state index >= 15 is 0 Å². The molecule has 0 heterocycles. The molecule has 0 aromatic heterocycles.